The maximum atomic E-state index is 13.8. The third-order valence-electron chi connectivity index (χ3n) is 3.42. The molecule has 1 aromatic heterocycles. The Labute approximate surface area is 121 Å². The Bertz CT molecular complexity index is 765. The maximum absolute atomic E-state index is 13.8. The van der Waals surface area contributed by atoms with Gasteiger partial charge in [-0.2, -0.15) is 0 Å². The summed E-state index contributed by atoms with van der Waals surface area (Å²) in [5, 5.41) is 3.34. The molecule has 1 amide bonds. The summed E-state index contributed by atoms with van der Waals surface area (Å²) in [4.78, 5) is 15.0. The first-order chi connectivity index (χ1) is 10.2. The molecule has 3 nitrogen and oxygen atoms in total. The lowest BCUT2D eigenvalue weighted by molar-refractivity contribution is -0.120. The summed E-state index contributed by atoms with van der Waals surface area (Å²) >= 11 is 0. The minimum absolute atomic E-state index is 0.122. The van der Waals surface area contributed by atoms with E-state index < -0.39 is 0 Å². The lowest BCUT2D eigenvalue weighted by Gasteiger charge is -2.05. The van der Waals surface area contributed by atoms with Crippen LogP contribution in [0.15, 0.2) is 54.7 Å². The molecular weight excluding hydrogens is 267 g/mol. The Morgan fingerprint density at radius 2 is 1.90 bits per heavy atom. The third-order valence-corrected chi connectivity index (χ3v) is 3.42. The number of rotatable bonds is 4. The summed E-state index contributed by atoms with van der Waals surface area (Å²) in [5.41, 5.74) is 2.42. The number of hydrogen-bond acceptors (Lipinski definition) is 1. The van der Waals surface area contributed by atoms with Crippen LogP contribution in [0.2, 0.25) is 0 Å². The topological polar surface area (TPSA) is 44.9 Å². The zero-order valence-electron chi connectivity index (χ0n) is 11.4. The van der Waals surface area contributed by atoms with Gasteiger partial charge >= 0.3 is 0 Å². The fraction of sp³-hybridized carbons (Fsp3) is 0.118. The van der Waals surface area contributed by atoms with E-state index in [9.17, 15) is 9.18 Å². The minimum Gasteiger partial charge on any atom is -0.361 e. The molecule has 0 aliphatic heterocycles. The summed E-state index contributed by atoms with van der Waals surface area (Å²) in [6.07, 6.45) is 1.85. The van der Waals surface area contributed by atoms with Gasteiger partial charge in [0.25, 0.3) is 0 Å². The first-order valence-electron chi connectivity index (χ1n) is 6.79. The molecule has 0 fully saturated rings. The molecule has 2 aromatic carbocycles. The molecule has 0 unspecified atom stereocenters. The molecule has 0 saturated carbocycles. The molecule has 0 atom stereocenters. The number of fused-ring (bicyclic) bond motifs is 1. The highest BCUT2D eigenvalue weighted by atomic mass is 19.1. The molecule has 2 N–H and O–H groups in total. The van der Waals surface area contributed by atoms with Crippen LogP contribution in [0, 0.1) is 5.82 Å². The molecule has 0 aliphatic carbocycles. The van der Waals surface area contributed by atoms with Gasteiger partial charge in [0.2, 0.25) is 5.91 Å². The molecule has 0 bridgehead atoms. The van der Waals surface area contributed by atoms with Gasteiger partial charge in [-0.1, -0.05) is 36.4 Å². The monoisotopic (exact) mass is 282 g/mol. The van der Waals surface area contributed by atoms with E-state index in [-0.39, 0.29) is 18.1 Å². The highest BCUT2D eigenvalue weighted by Gasteiger charge is 2.11. The van der Waals surface area contributed by atoms with Crippen molar-refractivity contribution in [3.8, 4) is 0 Å². The fourth-order valence-corrected chi connectivity index (χ4v) is 2.38. The van der Waals surface area contributed by atoms with Crippen LogP contribution in [-0.4, -0.2) is 10.9 Å². The van der Waals surface area contributed by atoms with Crippen molar-refractivity contribution in [3.63, 3.8) is 0 Å². The summed E-state index contributed by atoms with van der Waals surface area (Å²) in [6.45, 7) is 0.477. The molecule has 106 valence electrons. The van der Waals surface area contributed by atoms with E-state index in [1.807, 2.05) is 30.3 Å². The van der Waals surface area contributed by atoms with Crippen LogP contribution in [0.5, 0.6) is 0 Å². The van der Waals surface area contributed by atoms with E-state index in [0.717, 1.165) is 5.56 Å². The largest absolute Gasteiger partial charge is 0.361 e. The van der Waals surface area contributed by atoms with Crippen molar-refractivity contribution in [2.24, 2.45) is 0 Å². The van der Waals surface area contributed by atoms with Crippen molar-refractivity contribution in [1.82, 2.24) is 10.3 Å². The lowest BCUT2D eigenvalue weighted by Crippen LogP contribution is -2.24. The number of H-pyrrole nitrogens is 1. The maximum Gasteiger partial charge on any atom is 0.224 e. The Kier molecular flexibility index (Phi) is 3.69. The van der Waals surface area contributed by atoms with Crippen molar-refractivity contribution in [2.75, 3.05) is 0 Å². The minimum atomic E-state index is -0.306. The Morgan fingerprint density at radius 3 is 2.71 bits per heavy atom. The van der Waals surface area contributed by atoms with Gasteiger partial charge in [0.05, 0.1) is 6.42 Å². The molecule has 0 aliphatic rings. The second-order valence-corrected chi connectivity index (χ2v) is 4.92. The first-order valence-corrected chi connectivity index (χ1v) is 6.79. The molecule has 3 aromatic rings. The number of carbonyl (C=O) groups is 1. The molecule has 3 rings (SSSR count). The van der Waals surface area contributed by atoms with E-state index in [2.05, 4.69) is 10.3 Å². The van der Waals surface area contributed by atoms with Crippen LogP contribution < -0.4 is 5.32 Å². The van der Waals surface area contributed by atoms with Crippen molar-refractivity contribution in [1.29, 1.82) is 0 Å². The summed E-state index contributed by atoms with van der Waals surface area (Å²) in [6, 6.07) is 14.5. The summed E-state index contributed by atoms with van der Waals surface area (Å²) in [7, 11) is 0. The molecule has 21 heavy (non-hydrogen) atoms. The van der Waals surface area contributed by atoms with Gasteiger partial charge in [-0.05, 0) is 23.3 Å². The molecule has 1 heterocycles. The molecular formula is C17H15FN2O. The highest BCUT2D eigenvalue weighted by Crippen LogP contribution is 2.21. The van der Waals surface area contributed by atoms with E-state index in [0.29, 0.717) is 23.0 Å². The second kappa shape index (κ2) is 5.79. The smallest absolute Gasteiger partial charge is 0.224 e. The Morgan fingerprint density at radius 1 is 1.10 bits per heavy atom. The number of benzene rings is 2. The van der Waals surface area contributed by atoms with Crippen LogP contribution in [0.25, 0.3) is 10.9 Å². The average molecular weight is 282 g/mol. The normalized spacial score (nSPS) is 10.7. The van der Waals surface area contributed by atoms with Crippen LogP contribution >= 0.6 is 0 Å². The predicted molar refractivity (Wildman–Crippen MR) is 80.2 cm³/mol. The summed E-state index contributed by atoms with van der Waals surface area (Å²) in [5.74, 6) is -0.428. The van der Waals surface area contributed by atoms with Crippen molar-refractivity contribution < 1.29 is 9.18 Å². The van der Waals surface area contributed by atoms with Crippen LogP contribution in [0.3, 0.4) is 0 Å². The number of aromatic nitrogens is 1. The van der Waals surface area contributed by atoms with Crippen molar-refractivity contribution in [3.05, 3.63) is 71.7 Å². The van der Waals surface area contributed by atoms with E-state index in [4.69, 9.17) is 0 Å². The molecule has 0 saturated heterocycles. The second-order valence-electron chi connectivity index (χ2n) is 4.92. The van der Waals surface area contributed by atoms with E-state index in [1.165, 1.54) is 6.07 Å². The van der Waals surface area contributed by atoms with Gasteiger partial charge in [0, 0.05) is 23.6 Å². The van der Waals surface area contributed by atoms with Gasteiger partial charge in [-0.15, -0.1) is 0 Å². The predicted octanol–water partition coefficient (Wildman–Crippen LogP) is 3.17. The average Bonchev–Trinajstić information content (AvgIpc) is 2.91. The SMILES string of the molecule is O=C(Cc1c[nH]c2cccc(F)c12)NCc1ccccc1. The third kappa shape index (κ3) is 2.94. The zero-order valence-corrected chi connectivity index (χ0v) is 11.4. The number of carbonyl (C=O) groups excluding carboxylic acids is 1. The van der Waals surface area contributed by atoms with E-state index >= 15 is 0 Å². The van der Waals surface area contributed by atoms with Crippen molar-refractivity contribution >= 4 is 16.8 Å². The van der Waals surface area contributed by atoms with Gasteiger partial charge in [-0.3, -0.25) is 4.79 Å². The molecule has 4 heteroatoms. The number of nitrogens with one attached hydrogen (secondary N) is 2. The van der Waals surface area contributed by atoms with Gasteiger partial charge in [0.1, 0.15) is 5.82 Å². The van der Waals surface area contributed by atoms with Gasteiger partial charge < -0.3 is 10.3 Å². The molecule has 0 radical (unpaired) electrons. The Balaban J connectivity index is 1.69. The standard InChI is InChI=1S/C17H15FN2O/c18-14-7-4-8-15-17(14)13(11-19-15)9-16(21)20-10-12-5-2-1-3-6-12/h1-8,11,19H,9-10H2,(H,20,21). The molecule has 0 spiro atoms. The quantitative estimate of drug-likeness (QED) is 0.758. The fourth-order valence-electron chi connectivity index (χ4n) is 2.38. The zero-order chi connectivity index (χ0) is 14.7. The van der Waals surface area contributed by atoms with Crippen LogP contribution in [0.4, 0.5) is 4.39 Å². The number of hydrogen-bond donors (Lipinski definition) is 2. The summed E-state index contributed by atoms with van der Waals surface area (Å²) < 4.78 is 13.8. The number of aromatic amines is 1. The number of amides is 1. The van der Waals surface area contributed by atoms with Crippen molar-refractivity contribution in [2.45, 2.75) is 13.0 Å². The highest BCUT2D eigenvalue weighted by molar-refractivity contribution is 5.89. The van der Waals surface area contributed by atoms with Gasteiger partial charge in [-0.25, -0.2) is 4.39 Å². The van der Waals surface area contributed by atoms with Crippen LogP contribution in [0.1, 0.15) is 11.1 Å². The first kappa shape index (κ1) is 13.4. The lowest BCUT2D eigenvalue weighted by atomic mass is 10.1. The van der Waals surface area contributed by atoms with E-state index in [1.54, 1.807) is 18.3 Å². The van der Waals surface area contributed by atoms with Crippen LogP contribution in [-0.2, 0) is 17.8 Å². The van der Waals surface area contributed by atoms with Gasteiger partial charge in [0.15, 0.2) is 0 Å². The Hall–Kier alpha value is -2.62. The number of halogens is 1.